The molecule has 2 fully saturated rings. The van der Waals surface area contributed by atoms with Crippen LogP contribution in [0.1, 0.15) is 65.2 Å². The van der Waals surface area contributed by atoms with Crippen molar-refractivity contribution in [3.63, 3.8) is 0 Å². The molecule has 1 saturated heterocycles. The van der Waals surface area contributed by atoms with Gasteiger partial charge in [-0.2, -0.15) is 0 Å². The van der Waals surface area contributed by atoms with Crippen molar-refractivity contribution < 1.29 is 0 Å². The second-order valence-electron chi connectivity index (χ2n) is 7.22. The number of nitrogens with zero attached hydrogens (tertiary/aromatic N) is 1. The monoisotopic (exact) mass is 266 g/mol. The molecule has 0 amide bonds. The zero-order valence-electron chi connectivity index (χ0n) is 13.2. The normalized spacial score (nSPS) is 33.5. The van der Waals surface area contributed by atoms with Crippen molar-refractivity contribution in [3.8, 4) is 0 Å². The number of likely N-dealkylation sites (tertiary alicyclic amines) is 1. The Bertz CT molecular complexity index is 248. The summed E-state index contributed by atoms with van der Waals surface area (Å²) in [6, 6.07) is 0. The van der Waals surface area contributed by atoms with E-state index in [0.29, 0.717) is 5.41 Å². The SMILES string of the molecule is CCCNCC1(CN2CCCCC2)CCCC(C)C1. The van der Waals surface area contributed by atoms with Crippen LogP contribution in [0.15, 0.2) is 0 Å². The van der Waals surface area contributed by atoms with Crippen molar-refractivity contribution in [2.24, 2.45) is 11.3 Å². The maximum absolute atomic E-state index is 3.73. The Kier molecular flexibility index (Phi) is 6.15. The third-order valence-corrected chi connectivity index (χ3v) is 5.12. The van der Waals surface area contributed by atoms with E-state index in [4.69, 9.17) is 0 Å². The molecule has 112 valence electrons. The molecular formula is C17H34N2. The highest BCUT2D eigenvalue weighted by molar-refractivity contribution is 4.90. The molecule has 1 N–H and O–H groups in total. The molecule has 2 heteroatoms. The Morgan fingerprint density at radius 3 is 2.63 bits per heavy atom. The van der Waals surface area contributed by atoms with Gasteiger partial charge in [-0.1, -0.05) is 33.1 Å². The highest BCUT2D eigenvalue weighted by atomic mass is 15.1. The van der Waals surface area contributed by atoms with Crippen molar-refractivity contribution in [2.45, 2.75) is 65.2 Å². The fourth-order valence-corrected chi connectivity index (χ4v) is 4.25. The van der Waals surface area contributed by atoms with Crippen LogP contribution in [0, 0.1) is 11.3 Å². The average molecular weight is 266 g/mol. The molecule has 19 heavy (non-hydrogen) atoms. The third kappa shape index (κ3) is 4.75. The quantitative estimate of drug-likeness (QED) is 0.738. The Hall–Kier alpha value is -0.0800. The lowest BCUT2D eigenvalue weighted by Gasteiger charge is -2.44. The van der Waals surface area contributed by atoms with Crippen LogP contribution in [0.3, 0.4) is 0 Å². The van der Waals surface area contributed by atoms with Gasteiger partial charge in [0, 0.05) is 13.1 Å². The first-order valence-electron chi connectivity index (χ1n) is 8.67. The third-order valence-electron chi connectivity index (χ3n) is 5.12. The summed E-state index contributed by atoms with van der Waals surface area (Å²) < 4.78 is 0. The molecule has 0 radical (unpaired) electrons. The molecule has 1 saturated carbocycles. The lowest BCUT2D eigenvalue weighted by atomic mass is 9.69. The van der Waals surface area contributed by atoms with Gasteiger partial charge in [0.25, 0.3) is 0 Å². The lowest BCUT2D eigenvalue weighted by molar-refractivity contribution is 0.0706. The molecule has 0 bridgehead atoms. The molecule has 1 aliphatic heterocycles. The number of piperidine rings is 1. The van der Waals surface area contributed by atoms with Crippen LogP contribution < -0.4 is 5.32 Å². The summed E-state index contributed by atoms with van der Waals surface area (Å²) in [6.45, 7) is 11.2. The standard InChI is InChI=1S/C17H34N2/c1-3-10-18-14-17(9-7-8-16(2)13-17)15-19-11-5-4-6-12-19/h16,18H,3-15H2,1-2H3. The number of nitrogens with one attached hydrogen (secondary N) is 1. The highest BCUT2D eigenvalue weighted by Gasteiger charge is 2.36. The summed E-state index contributed by atoms with van der Waals surface area (Å²) in [4.78, 5) is 2.76. The molecule has 2 nitrogen and oxygen atoms in total. The minimum Gasteiger partial charge on any atom is -0.316 e. The van der Waals surface area contributed by atoms with Crippen LogP contribution in [0.2, 0.25) is 0 Å². The predicted molar refractivity (Wildman–Crippen MR) is 83.5 cm³/mol. The molecular weight excluding hydrogens is 232 g/mol. The van der Waals surface area contributed by atoms with Crippen molar-refractivity contribution in [1.82, 2.24) is 10.2 Å². The van der Waals surface area contributed by atoms with Gasteiger partial charge < -0.3 is 10.2 Å². The van der Waals surface area contributed by atoms with Gasteiger partial charge in [-0.05, 0) is 63.1 Å². The molecule has 2 unspecified atom stereocenters. The maximum atomic E-state index is 3.73. The largest absolute Gasteiger partial charge is 0.316 e. The summed E-state index contributed by atoms with van der Waals surface area (Å²) >= 11 is 0. The summed E-state index contributed by atoms with van der Waals surface area (Å²) in [6.07, 6.45) is 11.4. The van der Waals surface area contributed by atoms with Gasteiger partial charge in [-0.15, -0.1) is 0 Å². The van der Waals surface area contributed by atoms with E-state index < -0.39 is 0 Å². The van der Waals surface area contributed by atoms with Gasteiger partial charge in [0.15, 0.2) is 0 Å². The molecule has 0 spiro atoms. The van der Waals surface area contributed by atoms with Crippen molar-refractivity contribution in [2.75, 3.05) is 32.7 Å². The van der Waals surface area contributed by atoms with Crippen molar-refractivity contribution in [1.29, 1.82) is 0 Å². The summed E-state index contributed by atoms with van der Waals surface area (Å²) in [7, 11) is 0. The molecule has 2 rings (SSSR count). The van der Waals surface area contributed by atoms with Gasteiger partial charge in [0.05, 0.1) is 0 Å². The smallest absolute Gasteiger partial charge is 0.00502 e. The highest BCUT2D eigenvalue weighted by Crippen LogP contribution is 2.40. The van der Waals surface area contributed by atoms with E-state index in [2.05, 4.69) is 24.1 Å². The summed E-state index contributed by atoms with van der Waals surface area (Å²) in [5, 5.41) is 3.73. The number of rotatable bonds is 6. The van der Waals surface area contributed by atoms with Gasteiger partial charge in [0.2, 0.25) is 0 Å². The molecule has 1 heterocycles. The molecule has 2 atom stereocenters. The van der Waals surface area contributed by atoms with Crippen LogP contribution in [-0.4, -0.2) is 37.6 Å². The van der Waals surface area contributed by atoms with Crippen LogP contribution in [0.5, 0.6) is 0 Å². The first-order chi connectivity index (χ1) is 9.24. The minimum atomic E-state index is 0.574. The van der Waals surface area contributed by atoms with E-state index >= 15 is 0 Å². The van der Waals surface area contributed by atoms with Crippen LogP contribution in [0.4, 0.5) is 0 Å². The molecule has 0 aromatic heterocycles. The van der Waals surface area contributed by atoms with Crippen LogP contribution >= 0.6 is 0 Å². The minimum absolute atomic E-state index is 0.574. The summed E-state index contributed by atoms with van der Waals surface area (Å²) in [5.41, 5.74) is 0.574. The fraction of sp³-hybridized carbons (Fsp3) is 1.00. The maximum Gasteiger partial charge on any atom is 0.00502 e. The average Bonchev–Trinajstić information content (AvgIpc) is 2.40. The van der Waals surface area contributed by atoms with Crippen molar-refractivity contribution in [3.05, 3.63) is 0 Å². The van der Waals surface area contributed by atoms with Crippen LogP contribution in [-0.2, 0) is 0 Å². The molecule has 2 aliphatic rings. The van der Waals surface area contributed by atoms with Crippen LogP contribution in [0.25, 0.3) is 0 Å². The second-order valence-corrected chi connectivity index (χ2v) is 7.22. The fourth-order valence-electron chi connectivity index (χ4n) is 4.25. The number of hydrogen-bond acceptors (Lipinski definition) is 2. The van der Waals surface area contributed by atoms with Gasteiger partial charge in [-0.25, -0.2) is 0 Å². The Labute approximate surface area is 120 Å². The van der Waals surface area contributed by atoms with E-state index in [1.165, 1.54) is 84.1 Å². The zero-order valence-corrected chi connectivity index (χ0v) is 13.2. The lowest BCUT2D eigenvalue weighted by Crippen LogP contribution is -2.48. The van der Waals surface area contributed by atoms with Gasteiger partial charge >= 0.3 is 0 Å². The molecule has 1 aliphatic carbocycles. The second kappa shape index (κ2) is 7.64. The topological polar surface area (TPSA) is 15.3 Å². The Morgan fingerprint density at radius 1 is 1.16 bits per heavy atom. The number of hydrogen-bond donors (Lipinski definition) is 1. The molecule has 0 aromatic carbocycles. The molecule has 0 aromatic rings. The van der Waals surface area contributed by atoms with E-state index in [0.717, 1.165) is 5.92 Å². The zero-order chi connectivity index (χ0) is 13.6. The van der Waals surface area contributed by atoms with E-state index in [1.807, 2.05) is 0 Å². The first kappa shape index (κ1) is 15.3. The van der Waals surface area contributed by atoms with E-state index in [9.17, 15) is 0 Å². The van der Waals surface area contributed by atoms with E-state index in [1.54, 1.807) is 0 Å². The van der Waals surface area contributed by atoms with E-state index in [-0.39, 0.29) is 0 Å². The van der Waals surface area contributed by atoms with Gasteiger partial charge in [0.1, 0.15) is 0 Å². The Morgan fingerprint density at radius 2 is 1.95 bits per heavy atom. The predicted octanol–water partition coefficient (Wildman–Crippen LogP) is 3.67. The van der Waals surface area contributed by atoms with Gasteiger partial charge in [-0.3, -0.25) is 0 Å². The Balaban J connectivity index is 1.91. The summed E-state index contributed by atoms with van der Waals surface area (Å²) in [5.74, 6) is 0.932. The van der Waals surface area contributed by atoms with Crippen molar-refractivity contribution >= 4 is 0 Å². The first-order valence-corrected chi connectivity index (χ1v) is 8.67.